The number of benzene rings is 2. The van der Waals surface area contributed by atoms with Crippen molar-refractivity contribution < 1.29 is 9.59 Å². The summed E-state index contributed by atoms with van der Waals surface area (Å²) >= 11 is 0. The largest absolute Gasteiger partial charge is 0.374 e. The molecule has 4 rings (SSSR count). The number of anilines is 2. The second-order valence-electron chi connectivity index (χ2n) is 8.89. The van der Waals surface area contributed by atoms with Crippen LogP contribution < -0.4 is 15.5 Å². The fraction of sp³-hybridized carbons (Fsp3) is 0.462. The van der Waals surface area contributed by atoms with Gasteiger partial charge in [0.15, 0.2) is 0 Å². The molecule has 2 aromatic rings. The van der Waals surface area contributed by atoms with Gasteiger partial charge in [-0.05, 0) is 80.1 Å². The van der Waals surface area contributed by atoms with Gasteiger partial charge in [-0.1, -0.05) is 31.2 Å². The number of aryl methyl sites for hydroxylation is 2. The molecule has 1 saturated heterocycles. The molecule has 2 heterocycles. The molecule has 0 aromatic heterocycles. The first-order valence-corrected chi connectivity index (χ1v) is 11.8. The lowest BCUT2D eigenvalue weighted by Gasteiger charge is -2.31. The number of nitrogens with one attached hydrogen (secondary N) is 2. The molecule has 0 aliphatic carbocycles. The van der Waals surface area contributed by atoms with Gasteiger partial charge < -0.3 is 15.5 Å². The quantitative estimate of drug-likeness (QED) is 0.683. The van der Waals surface area contributed by atoms with Crippen molar-refractivity contribution in [1.29, 1.82) is 0 Å². The highest BCUT2D eigenvalue weighted by Gasteiger charge is 2.26. The van der Waals surface area contributed by atoms with Gasteiger partial charge in [0.1, 0.15) is 0 Å². The maximum absolute atomic E-state index is 12.5. The molecule has 0 spiro atoms. The Morgan fingerprint density at radius 1 is 0.969 bits per heavy atom. The Bertz CT molecular complexity index is 951. The number of carbonyl (C=O) groups excluding carboxylic acids is 2. The van der Waals surface area contributed by atoms with Gasteiger partial charge >= 0.3 is 11.8 Å². The van der Waals surface area contributed by atoms with Gasteiger partial charge in [-0.3, -0.25) is 14.5 Å². The summed E-state index contributed by atoms with van der Waals surface area (Å²) in [5.74, 6) is -1.21. The molecule has 6 nitrogen and oxygen atoms in total. The third-order valence-electron chi connectivity index (χ3n) is 6.70. The number of nitrogens with zero attached hydrogens (tertiary/aromatic N) is 2. The van der Waals surface area contributed by atoms with Crippen LogP contribution in [-0.2, 0) is 22.4 Å². The lowest BCUT2D eigenvalue weighted by Crippen LogP contribution is -2.41. The molecule has 170 valence electrons. The van der Waals surface area contributed by atoms with E-state index in [4.69, 9.17) is 0 Å². The van der Waals surface area contributed by atoms with E-state index < -0.39 is 11.8 Å². The molecule has 2 aliphatic rings. The molecule has 0 unspecified atom stereocenters. The molecule has 32 heavy (non-hydrogen) atoms. The van der Waals surface area contributed by atoms with Crippen LogP contribution in [0, 0.1) is 0 Å². The van der Waals surface area contributed by atoms with Crippen LogP contribution in [0.15, 0.2) is 42.5 Å². The lowest BCUT2D eigenvalue weighted by atomic mass is 9.96. The monoisotopic (exact) mass is 434 g/mol. The number of carbonyl (C=O) groups is 2. The minimum Gasteiger partial charge on any atom is -0.374 e. The van der Waals surface area contributed by atoms with Crippen LogP contribution in [0.4, 0.5) is 11.4 Å². The Labute approximate surface area is 191 Å². The van der Waals surface area contributed by atoms with Gasteiger partial charge in [0.05, 0.1) is 6.04 Å². The van der Waals surface area contributed by atoms with E-state index in [1.807, 2.05) is 24.3 Å². The van der Waals surface area contributed by atoms with Crippen LogP contribution in [-0.4, -0.2) is 49.9 Å². The molecular formula is C26H34N4O2. The van der Waals surface area contributed by atoms with Crippen molar-refractivity contribution in [3.8, 4) is 0 Å². The third kappa shape index (κ3) is 5.13. The Morgan fingerprint density at radius 3 is 2.44 bits per heavy atom. The molecular weight excluding hydrogens is 400 g/mol. The Kier molecular flexibility index (Phi) is 7.10. The first kappa shape index (κ1) is 22.3. The minimum absolute atomic E-state index is 0.0793. The summed E-state index contributed by atoms with van der Waals surface area (Å²) in [7, 11) is 2.14. The van der Waals surface area contributed by atoms with Crippen LogP contribution >= 0.6 is 0 Å². The van der Waals surface area contributed by atoms with Crippen molar-refractivity contribution in [1.82, 2.24) is 10.2 Å². The number of amides is 2. The predicted molar refractivity (Wildman–Crippen MR) is 129 cm³/mol. The normalized spacial score (nSPS) is 17.0. The molecule has 2 aliphatic heterocycles. The maximum Gasteiger partial charge on any atom is 0.313 e. The molecule has 1 fully saturated rings. The fourth-order valence-electron chi connectivity index (χ4n) is 4.80. The fourth-order valence-corrected chi connectivity index (χ4v) is 4.80. The number of fused-ring (bicyclic) bond motifs is 1. The molecule has 6 heteroatoms. The molecule has 1 atom stereocenters. The molecule has 0 radical (unpaired) electrons. The van der Waals surface area contributed by atoms with Crippen molar-refractivity contribution in [3.05, 3.63) is 59.2 Å². The van der Waals surface area contributed by atoms with Crippen LogP contribution in [0.2, 0.25) is 0 Å². The van der Waals surface area contributed by atoms with Crippen LogP contribution in [0.1, 0.15) is 48.9 Å². The number of hydrogen-bond donors (Lipinski definition) is 2. The van der Waals surface area contributed by atoms with Gasteiger partial charge in [0.2, 0.25) is 0 Å². The van der Waals surface area contributed by atoms with Crippen LogP contribution in [0.5, 0.6) is 0 Å². The van der Waals surface area contributed by atoms with E-state index >= 15 is 0 Å². The Hall–Kier alpha value is -2.86. The second kappa shape index (κ2) is 10.2. The number of rotatable bonds is 6. The highest BCUT2D eigenvalue weighted by molar-refractivity contribution is 6.39. The van der Waals surface area contributed by atoms with Crippen molar-refractivity contribution >= 4 is 23.2 Å². The van der Waals surface area contributed by atoms with E-state index in [0.29, 0.717) is 12.2 Å². The maximum atomic E-state index is 12.5. The molecule has 2 amide bonds. The number of likely N-dealkylation sites (tertiary alicyclic amines) is 1. The standard InChI is InChI=1S/C26H34N4O2/c1-3-19-8-11-22(12-9-19)28-26(32)25(31)27-18-24(30-15-4-5-16-30)21-10-13-23-20(17-21)7-6-14-29(23)2/h8-13,17,24H,3-7,14-16,18H2,1-2H3,(H,27,31)(H,28,32)/t24-/m1/s1. The van der Waals surface area contributed by atoms with Gasteiger partial charge in [-0.15, -0.1) is 0 Å². The van der Waals surface area contributed by atoms with Crippen LogP contribution in [0.3, 0.4) is 0 Å². The van der Waals surface area contributed by atoms with Gasteiger partial charge in [-0.25, -0.2) is 0 Å². The summed E-state index contributed by atoms with van der Waals surface area (Å²) < 4.78 is 0. The van der Waals surface area contributed by atoms with E-state index in [2.05, 4.69) is 52.6 Å². The van der Waals surface area contributed by atoms with E-state index in [1.165, 1.54) is 35.2 Å². The van der Waals surface area contributed by atoms with Crippen molar-refractivity contribution in [3.63, 3.8) is 0 Å². The zero-order valence-electron chi connectivity index (χ0n) is 19.2. The highest BCUT2D eigenvalue weighted by atomic mass is 16.2. The van der Waals surface area contributed by atoms with Crippen molar-refractivity contribution in [2.45, 2.75) is 45.1 Å². The zero-order valence-corrected chi connectivity index (χ0v) is 19.2. The van der Waals surface area contributed by atoms with Gasteiger partial charge in [0.25, 0.3) is 0 Å². The Morgan fingerprint density at radius 2 is 1.72 bits per heavy atom. The molecule has 2 aromatic carbocycles. The molecule has 2 N–H and O–H groups in total. The van der Waals surface area contributed by atoms with E-state index in [-0.39, 0.29) is 6.04 Å². The van der Waals surface area contributed by atoms with Crippen LogP contribution in [0.25, 0.3) is 0 Å². The predicted octanol–water partition coefficient (Wildman–Crippen LogP) is 3.52. The first-order chi connectivity index (χ1) is 15.5. The molecule has 0 saturated carbocycles. The molecule has 0 bridgehead atoms. The lowest BCUT2D eigenvalue weighted by molar-refractivity contribution is -0.136. The van der Waals surface area contributed by atoms with E-state index in [0.717, 1.165) is 38.9 Å². The first-order valence-electron chi connectivity index (χ1n) is 11.8. The average Bonchev–Trinajstić information content (AvgIpc) is 3.34. The minimum atomic E-state index is -0.624. The summed E-state index contributed by atoms with van der Waals surface area (Å²) in [5.41, 5.74) is 5.73. The summed E-state index contributed by atoms with van der Waals surface area (Å²) in [6, 6.07) is 14.4. The van der Waals surface area contributed by atoms with E-state index in [1.54, 1.807) is 0 Å². The smallest absolute Gasteiger partial charge is 0.313 e. The topological polar surface area (TPSA) is 64.7 Å². The second-order valence-corrected chi connectivity index (χ2v) is 8.89. The SMILES string of the molecule is CCc1ccc(NC(=O)C(=O)NC[C@H](c2ccc3c(c2)CCCN3C)N2CCCC2)cc1. The van der Waals surface area contributed by atoms with Crippen molar-refractivity contribution in [2.75, 3.05) is 43.4 Å². The highest BCUT2D eigenvalue weighted by Crippen LogP contribution is 2.31. The average molecular weight is 435 g/mol. The zero-order chi connectivity index (χ0) is 22.5. The Balaban J connectivity index is 1.42. The number of hydrogen-bond acceptors (Lipinski definition) is 4. The van der Waals surface area contributed by atoms with Gasteiger partial charge in [0, 0.05) is 31.5 Å². The van der Waals surface area contributed by atoms with E-state index in [9.17, 15) is 9.59 Å². The summed E-state index contributed by atoms with van der Waals surface area (Å²) in [5, 5.41) is 5.59. The van der Waals surface area contributed by atoms with Gasteiger partial charge in [-0.2, -0.15) is 0 Å². The summed E-state index contributed by atoms with van der Waals surface area (Å²) in [4.78, 5) is 29.7. The van der Waals surface area contributed by atoms with Crippen molar-refractivity contribution in [2.24, 2.45) is 0 Å². The summed E-state index contributed by atoms with van der Waals surface area (Å²) in [6.45, 7) is 5.64. The third-order valence-corrected chi connectivity index (χ3v) is 6.70. The summed E-state index contributed by atoms with van der Waals surface area (Å²) in [6.07, 6.45) is 5.54.